The summed E-state index contributed by atoms with van der Waals surface area (Å²) in [4.78, 5) is 0. The van der Waals surface area contributed by atoms with E-state index in [0.717, 1.165) is 24.8 Å². The van der Waals surface area contributed by atoms with E-state index in [9.17, 15) is 17.6 Å². The standard InChI is InChI=1S/C20H24F4O/c1-2-4-14-6-8-15(9-7-14)16-10-11-18-17(13-16)5-3-12-19(18,21)25-20(22,23)24/h3,5,10-12,14-15H,2,4,6-9,13H2,1H3. The first-order valence-electron chi connectivity index (χ1n) is 9.06. The summed E-state index contributed by atoms with van der Waals surface area (Å²) >= 11 is 0. The van der Waals surface area contributed by atoms with Crippen molar-refractivity contribution in [3.8, 4) is 0 Å². The molecule has 0 aliphatic heterocycles. The van der Waals surface area contributed by atoms with Crippen LogP contribution in [0.25, 0.3) is 0 Å². The first-order chi connectivity index (χ1) is 11.8. The Morgan fingerprint density at radius 1 is 1.12 bits per heavy atom. The van der Waals surface area contributed by atoms with Gasteiger partial charge in [-0.15, -0.1) is 13.2 Å². The summed E-state index contributed by atoms with van der Waals surface area (Å²) in [5.74, 6) is -1.68. The van der Waals surface area contributed by atoms with Gasteiger partial charge < -0.3 is 0 Å². The van der Waals surface area contributed by atoms with Crippen LogP contribution in [0.5, 0.6) is 0 Å². The summed E-state index contributed by atoms with van der Waals surface area (Å²) in [6.07, 6.45) is 9.71. The van der Waals surface area contributed by atoms with E-state index in [2.05, 4.69) is 11.7 Å². The quantitative estimate of drug-likeness (QED) is 0.519. The van der Waals surface area contributed by atoms with E-state index in [1.165, 1.54) is 43.4 Å². The van der Waals surface area contributed by atoms with Gasteiger partial charge in [-0.05, 0) is 55.6 Å². The lowest BCUT2D eigenvalue weighted by Gasteiger charge is -2.35. The second-order valence-corrected chi connectivity index (χ2v) is 7.25. The van der Waals surface area contributed by atoms with Crippen molar-refractivity contribution in [1.29, 1.82) is 0 Å². The smallest absolute Gasteiger partial charge is 0.246 e. The lowest BCUT2D eigenvalue weighted by Crippen LogP contribution is -2.36. The Labute approximate surface area is 146 Å². The molecule has 0 bridgehead atoms. The molecule has 0 aromatic heterocycles. The van der Waals surface area contributed by atoms with Gasteiger partial charge in [0.05, 0.1) is 0 Å². The molecule has 3 aliphatic rings. The maximum absolute atomic E-state index is 14.7. The Kier molecular flexibility index (Phi) is 5.24. The first-order valence-corrected chi connectivity index (χ1v) is 9.06. The van der Waals surface area contributed by atoms with Gasteiger partial charge >= 0.3 is 6.36 Å². The average molecular weight is 356 g/mol. The van der Waals surface area contributed by atoms with E-state index in [-0.39, 0.29) is 5.57 Å². The van der Waals surface area contributed by atoms with Crippen LogP contribution in [0.3, 0.4) is 0 Å². The molecule has 5 heteroatoms. The van der Waals surface area contributed by atoms with E-state index < -0.39 is 12.2 Å². The van der Waals surface area contributed by atoms with Crippen LogP contribution in [0.2, 0.25) is 0 Å². The highest BCUT2D eigenvalue weighted by atomic mass is 19.4. The maximum Gasteiger partial charge on any atom is 0.525 e. The molecule has 0 heterocycles. The van der Waals surface area contributed by atoms with Crippen molar-refractivity contribution in [3.05, 3.63) is 47.1 Å². The van der Waals surface area contributed by atoms with Crippen molar-refractivity contribution in [1.82, 2.24) is 0 Å². The number of allylic oxidation sites excluding steroid dienone is 5. The Bertz CT molecular complexity index is 618. The summed E-state index contributed by atoms with van der Waals surface area (Å²) in [6, 6.07) is 0. The van der Waals surface area contributed by atoms with Crippen molar-refractivity contribution in [2.24, 2.45) is 11.8 Å². The van der Waals surface area contributed by atoms with Crippen molar-refractivity contribution in [3.63, 3.8) is 0 Å². The van der Waals surface area contributed by atoms with Crippen LogP contribution in [0.4, 0.5) is 17.6 Å². The molecule has 0 spiro atoms. The molecule has 3 aliphatic carbocycles. The molecular weight excluding hydrogens is 332 g/mol. The average Bonchev–Trinajstić information content (AvgIpc) is 2.54. The molecule has 1 unspecified atom stereocenters. The van der Waals surface area contributed by atoms with Crippen LogP contribution >= 0.6 is 0 Å². The van der Waals surface area contributed by atoms with Gasteiger partial charge in [-0.25, -0.2) is 9.13 Å². The number of alkyl halides is 4. The summed E-state index contributed by atoms with van der Waals surface area (Å²) in [5, 5.41) is 0. The molecule has 138 valence electrons. The van der Waals surface area contributed by atoms with Crippen LogP contribution in [-0.2, 0) is 4.74 Å². The van der Waals surface area contributed by atoms with Gasteiger partial charge in [0.15, 0.2) is 0 Å². The fourth-order valence-corrected chi connectivity index (χ4v) is 4.30. The lowest BCUT2D eigenvalue weighted by molar-refractivity contribution is -0.372. The van der Waals surface area contributed by atoms with Crippen molar-refractivity contribution >= 4 is 0 Å². The fourth-order valence-electron chi connectivity index (χ4n) is 4.30. The van der Waals surface area contributed by atoms with Gasteiger partial charge in [0.2, 0.25) is 0 Å². The predicted octanol–water partition coefficient (Wildman–Crippen LogP) is 6.55. The van der Waals surface area contributed by atoms with Gasteiger partial charge in [-0.1, -0.05) is 49.6 Å². The molecular formula is C20H24F4O. The highest BCUT2D eigenvalue weighted by Gasteiger charge is 2.47. The zero-order valence-electron chi connectivity index (χ0n) is 14.4. The largest absolute Gasteiger partial charge is 0.525 e. The Hall–Kier alpha value is -1.36. The number of hydrogen-bond acceptors (Lipinski definition) is 1. The van der Waals surface area contributed by atoms with Gasteiger partial charge in [0.25, 0.3) is 5.85 Å². The van der Waals surface area contributed by atoms with Gasteiger partial charge in [-0.2, -0.15) is 0 Å². The summed E-state index contributed by atoms with van der Waals surface area (Å²) < 4.78 is 56.2. The van der Waals surface area contributed by atoms with Crippen LogP contribution in [0.15, 0.2) is 47.1 Å². The SMILES string of the molecule is CCCC1CCC(C2=CC=C3C(=CC=CC3(F)OC(F)(F)F)C2)CC1. The Morgan fingerprint density at radius 2 is 1.84 bits per heavy atom. The summed E-state index contributed by atoms with van der Waals surface area (Å²) in [7, 11) is 0. The maximum atomic E-state index is 14.7. The molecule has 1 saturated carbocycles. The molecule has 0 N–H and O–H groups in total. The first kappa shape index (κ1) is 18.4. The zero-order chi connectivity index (χ0) is 18.1. The molecule has 0 aromatic rings. The second-order valence-electron chi connectivity index (χ2n) is 7.25. The summed E-state index contributed by atoms with van der Waals surface area (Å²) in [6.45, 7) is 2.21. The zero-order valence-corrected chi connectivity index (χ0v) is 14.4. The number of ether oxygens (including phenoxy) is 1. The molecule has 1 atom stereocenters. The second kappa shape index (κ2) is 7.10. The number of fused-ring (bicyclic) bond motifs is 1. The number of halogens is 4. The van der Waals surface area contributed by atoms with Crippen LogP contribution in [0, 0.1) is 11.8 Å². The van der Waals surface area contributed by atoms with Gasteiger partial charge in [0, 0.05) is 5.57 Å². The monoisotopic (exact) mass is 356 g/mol. The molecule has 25 heavy (non-hydrogen) atoms. The lowest BCUT2D eigenvalue weighted by atomic mass is 9.73. The van der Waals surface area contributed by atoms with E-state index in [1.54, 1.807) is 6.08 Å². The third-order valence-electron chi connectivity index (χ3n) is 5.51. The molecule has 0 aromatic carbocycles. The van der Waals surface area contributed by atoms with Crippen LogP contribution in [-0.4, -0.2) is 12.2 Å². The van der Waals surface area contributed by atoms with Crippen LogP contribution < -0.4 is 0 Å². The molecule has 3 rings (SSSR count). The molecule has 1 fully saturated rings. The number of hydrogen-bond donors (Lipinski definition) is 0. The minimum Gasteiger partial charge on any atom is -0.246 e. The molecule has 0 amide bonds. The van der Waals surface area contributed by atoms with Crippen molar-refractivity contribution < 1.29 is 22.3 Å². The third kappa shape index (κ3) is 4.25. The van der Waals surface area contributed by atoms with Crippen molar-refractivity contribution in [2.75, 3.05) is 0 Å². The Balaban J connectivity index is 1.73. The van der Waals surface area contributed by atoms with E-state index >= 15 is 0 Å². The molecule has 0 saturated heterocycles. The van der Waals surface area contributed by atoms with Gasteiger partial charge in [0.1, 0.15) is 0 Å². The summed E-state index contributed by atoms with van der Waals surface area (Å²) in [5.41, 5.74) is 1.76. The normalized spacial score (nSPS) is 32.6. The fraction of sp³-hybridized carbons (Fsp3) is 0.600. The third-order valence-corrected chi connectivity index (χ3v) is 5.51. The minimum atomic E-state index is -5.02. The highest BCUT2D eigenvalue weighted by Crippen LogP contribution is 2.45. The van der Waals surface area contributed by atoms with E-state index in [0.29, 0.717) is 17.9 Å². The van der Waals surface area contributed by atoms with E-state index in [4.69, 9.17) is 0 Å². The Morgan fingerprint density at radius 3 is 2.48 bits per heavy atom. The highest BCUT2D eigenvalue weighted by molar-refractivity contribution is 5.52. The number of rotatable bonds is 4. The predicted molar refractivity (Wildman–Crippen MR) is 89.3 cm³/mol. The van der Waals surface area contributed by atoms with Gasteiger partial charge in [-0.3, -0.25) is 0 Å². The van der Waals surface area contributed by atoms with Crippen molar-refractivity contribution in [2.45, 2.75) is 64.1 Å². The minimum absolute atomic E-state index is 0.0317. The van der Waals surface area contributed by atoms with E-state index in [1.807, 2.05) is 6.08 Å². The topological polar surface area (TPSA) is 9.23 Å². The molecule has 0 radical (unpaired) electrons. The molecule has 1 nitrogen and oxygen atoms in total. The van der Waals surface area contributed by atoms with Crippen LogP contribution in [0.1, 0.15) is 51.9 Å².